The minimum atomic E-state index is -3.40. The highest BCUT2D eigenvalue weighted by Gasteiger charge is 2.11. The molecule has 0 aromatic heterocycles. The summed E-state index contributed by atoms with van der Waals surface area (Å²) >= 11 is 4.66. The van der Waals surface area contributed by atoms with Crippen molar-refractivity contribution in [3.63, 3.8) is 0 Å². The second-order valence-electron chi connectivity index (χ2n) is 3.48. The number of nitrogens with one attached hydrogen (secondary N) is 1. The van der Waals surface area contributed by atoms with E-state index in [1.807, 2.05) is 0 Å². The van der Waals surface area contributed by atoms with E-state index in [1.165, 1.54) is 12.1 Å². The molecule has 0 fully saturated rings. The first-order valence-corrected chi connectivity index (χ1v) is 7.01. The number of sulfonamides is 1. The lowest BCUT2D eigenvalue weighted by atomic mass is 10.2. The van der Waals surface area contributed by atoms with Crippen molar-refractivity contribution in [3.8, 4) is 0 Å². The van der Waals surface area contributed by atoms with E-state index in [-0.39, 0.29) is 22.0 Å². The third kappa shape index (κ3) is 3.94. The van der Waals surface area contributed by atoms with Gasteiger partial charge < -0.3 is 5.73 Å². The summed E-state index contributed by atoms with van der Waals surface area (Å²) in [5.41, 5.74) is 5.60. The van der Waals surface area contributed by atoms with Crippen molar-refractivity contribution in [2.75, 3.05) is 10.5 Å². The van der Waals surface area contributed by atoms with Gasteiger partial charge in [0.2, 0.25) is 10.0 Å². The number of anilines is 1. The number of thiocarbonyl (C=S) groups is 1. The summed E-state index contributed by atoms with van der Waals surface area (Å²) < 4.78 is 38.6. The van der Waals surface area contributed by atoms with Gasteiger partial charge in [0.05, 0.1) is 5.75 Å². The maximum absolute atomic E-state index is 13.3. The smallest absolute Gasteiger partial charge is 0.232 e. The Bertz CT molecular complexity index is 529. The Balaban J connectivity index is 3.02. The van der Waals surface area contributed by atoms with Crippen LogP contribution in [0.15, 0.2) is 18.2 Å². The third-order valence-corrected chi connectivity index (χ3v) is 3.69. The van der Waals surface area contributed by atoms with E-state index in [0.29, 0.717) is 6.42 Å². The third-order valence-electron chi connectivity index (χ3n) is 1.98. The molecule has 94 valence electrons. The van der Waals surface area contributed by atoms with Gasteiger partial charge in [0.25, 0.3) is 0 Å². The summed E-state index contributed by atoms with van der Waals surface area (Å²) in [5, 5.41) is 0. The van der Waals surface area contributed by atoms with Gasteiger partial charge in [-0.2, -0.15) is 0 Å². The molecule has 0 aliphatic carbocycles. The SMILES string of the molecule is CCCS(=O)(=O)Nc1ccc(F)c(C(N)=S)c1. The Kier molecular flexibility index (Phi) is 4.41. The molecular weight excluding hydrogens is 263 g/mol. The first kappa shape index (κ1) is 13.9. The molecule has 0 aliphatic rings. The largest absolute Gasteiger partial charge is 0.389 e. The zero-order chi connectivity index (χ0) is 13.1. The van der Waals surface area contributed by atoms with Crippen LogP contribution in [0.3, 0.4) is 0 Å². The van der Waals surface area contributed by atoms with Gasteiger partial charge >= 0.3 is 0 Å². The topological polar surface area (TPSA) is 72.2 Å². The number of hydrogen-bond acceptors (Lipinski definition) is 3. The van der Waals surface area contributed by atoms with Gasteiger partial charge in [0.1, 0.15) is 10.8 Å². The van der Waals surface area contributed by atoms with E-state index < -0.39 is 15.8 Å². The van der Waals surface area contributed by atoms with Crippen molar-refractivity contribution in [1.29, 1.82) is 0 Å². The highest BCUT2D eigenvalue weighted by molar-refractivity contribution is 7.92. The monoisotopic (exact) mass is 276 g/mol. The van der Waals surface area contributed by atoms with Crippen LogP contribution in [0.25, 0.3) is 0 Å². The average molecular weight is 276 g/mol. The van der Waals surface area contributed by atoms with Crippen LogP contribution in [-0.2, 0) is 10.0 Å². The van der Waals surface area contributed by atoms with Crippen molar-refractivity contribution in [2.24, 2.45) is 5.73 Å². The zero-order valence-electron chi connectivity index (χ0n) is 9.23. The Labute approximate surface area is 105 Å². The van der Waals surface area contributed by atoms with Crippen molar-refractivity contribution >= 4 is 32.9 Å². The number of benzene rings is 1. The molecule has 0 saturated heterocycles. The van der Waals surface area contributed by atoms with Crippen LogP contribution >= 0.6 is 12.2 Å². The Morgan fingerprint density at radius 2 is 2.18 bits per heavy atom. The first-order valence-electron chi connectivity index (χ1n) is 4.95. The minimum Gasteiger partial charge on any atom is -0.389 e. The van der Waals surface area contributed by atoms with Crippen LogP contribution in [0.2, 0.25) is 0 Å². The Hall–Kier alpha value is -1.21. The lowest BCUT2D eigenvalue weighted by Crippen LogP contribution is -2.17. The second-order valence-corrected chi connectivity index (χ2v) is 5.76. The molecule has 0 heterocycles. The molecule has 0 radical (unpaired) electrons. The molecule has 0 bridgehead atoms. The quantitative estimate of drug-likeness (QED) is 0.801. The van der Waals surface area contributed by atoms with E-state index in [4.69, 9.17) is 5.73 Å². The first-order chi connectivity index (χ1) is 7.85. The maximum atomic E-state index is 13.3. The predicted octanol–water partition coefficient (Wildman–Crippen LogP) is 1.61. The van der Waals surface area contributed by atoms with Gasteiger partial charge in [0, 0.05) is 11.3 Å². The fourth-order valence-electron chi connectivity index (χ4n) is 1.28. The number of rotatable bonds is 5. The van der Waals surface area contributed by atoms with Crippen LogP contribution in [0.4, 0.5) is 10.1 Å². The molecule has 1 aromatic rings. The van der Waals surface area contributed by atoms with Crippen LogP contribution in [0, 0.1) is 5.82 Å². The van der Waals surface area contributed by atoms with Crippen molar-refractivity contribution in [3.05, 3.63) is 29.6 Å². The van der Waals surface area contributed by atoms with Gasteiger partial charge in [0.15, 0.2) is 0 Å². The van der Waals surface area contributed by atoms with Gasteiger partial charge in [-0.25, -0.2) is 12.8 Å². The standard InChI is InChI=1S/C10H13FN2O2S2/c1-2-5-17(14,15)13-7-3-4-9(11)8(6-7)10(12)16/h3-4,6,13H,2,5H2,1H3,(H2,12,16). The Morgan fingerprint density at radius 1 is 1.53 bits per heavy atom. The molecule has 3 N–H and O–H groups in total. The molecule has 0 amide bonds. The van der Waals surface area contributed by atoms with E-state index in [1.54, 1.807) is 6.92 Å². The fraction of sp³-hybridized carbons (Fsp3) is 0.300. The van der Waals surface area contributed by atoms with Crippen molar-refractivity contribution in [2.45, 2.75) is 13.3 Å². The summed E-state index contributed by atoms with van der Waals surface area (Å²) in [5.74, 6) is -0.566. The van der Waals surface area contributed by atoms with E-state index in [2.05, 4.69) is 16.9 Å². The molecule has 0 saturated carbocycles. The zero-order valence-corrected chi connectivity index (χ0v) is 10.9. The molecule has 7 heteroatoms. The van der Waals surface area contributed by atoms with Gasteiger partial charge in [-0.15, -0.1) is 0 Å². The second kappa shape index (κ2) is 5.42. The summed E-state index contributed by atoms with van der Waals surface area (Å²) in [6.07, 6.45) is 0.499. The average Bonchev–Trinajstić information content (AvgIpc) is 2.20. The lowest BCUT2D eigenvalue weighted by molar-refractivity contribution is 0.599. The Morgan fingerprint density at radius 3 is 2.71 bits per heavy atom. The summed E-state index contributed by atoms with van der Waals surface area (Å²) in [6, 6.07) is 3.73. The molecule has 1 rings (SSSR count). The molecular formula is C10H13FN2O2S2. The predicted molar refractivity (Wildman–Crippen MR) is 70.0 cm³/mol. The van der Waals surface area contributed by atoms with Crippen LogP contribution < -0.4 is 10.5 Å². The molecule has 0 unspecified atom stereocenters. The lowest BCUT2D eigenvalue weighted by Gasteiger charge is -2.08. The van der Waals surface area contributed by atoms with Gasteiger partial charge in [-0.05, 0) is 24.6 Å². The fourth-order valence-corrected chi connectivity index (χ4v) is 2.56. The van der Waals surface area contributed by atoms with E-state index in [9.17, 15) is 12.8 Å². The maximum Gasteiger partial charge on any atom is 0.232 e. The van der Waals surface area contributed by atoms with Crippen LogP contribution in [0.5, 0.6) is 0 Å². The van der Waals surface area contributed by atoms with Crippen molar-refractivity contribution in [1.82, 2.24) is 0 Å². The summed E-state index contributed by atoms with van der Waals surface area (Å²) in [4.78, 5) is -0.112. The normalized spacial score (nSPS) is 11.2. The highest BCUT2D eigenvalue weighted by atomic mass is 32.2. The summed E-state index contributed by atoms with van der Waals surface area (Å²) in [6.45, 7) is 1.75. The van der Waals surface area contributed by atoms with E-state index >= 15 is 0 Å². The van der Waals surface area contributed by atoms with Crippen molar-refractivity contribution < 1.29 is 12.8 Å². The number of halogens is 1. The van der Waals surface area contributed by atoms with Crippen LogP contribution in [-0.4, -0.2) is 19.2 Å². The molecule has 17 heavy (non-hydrogen) atoms. The van der Waals surface area contributed by atoms with E-state index in [0.717, 1.165) is 6.07 Å². The molecule has 0 atom stereocenters. The molecule has 0 aliphatic heterocycles. The number of nitrogens with two attached hydrogens (primary N) is 1. The number of hydrogen-bond donors (Lipinski definition) is 2. The molecule has 0 spiro atoms. The van der Waals surface area contributed by atoms with Crippen LogP contribution in [0.1, 0.15) is 18.9 Å². The summed E-state index contributed by atoms with van der Waals surface area (Å²) in [7, 11) is -3.40. The van der Waals surface area contributed by atoms with Gasteiger partial charge in [-0.1, -0.05) is 19.1 Å². The minimum absolute atomic E-state index is 0.00673. The van der Waals surface area contributed by atoms with Gasteiger partial charge in [-0.3, -0.25) is 4.72 Å². The highest BCUT2D eigenvalue weighted by Crippen LogP contribution is 2.16. The molecule has 4 nitrogen and oxygen atoms in total. The molecule has 1 aromatic carbocycles.